The quantitative estimate of drug-likeness (QED) is 0.403. The minimum Gasteiger partial charge on any atom is -0.452 e. The van der Waals surface area contributed by atoms with Crippen molar-refractivity contribution in [2.24, 2.45) is 0 Å². The molecule has 0 fully saturated rings. The van der Waals surface area contributed by atoms with Crippen LogP contribution < -0.4 is 10.5 Å². The maximum absolute atomic E-state index is 13.0. The van der Waals surface area contributed by atoms with Crippen LogP contribution >= 0.6 is 0 Å². The molecule has 0 saturated carbocycles. The highest BCUT2D eigenvalue weighted by Crippen LogP contribution is 2.27. The first-order chi connectivity index (χ1) is 17.1. The van der Waals surface area contributed by atoms with Crippen LogP contribution in [0.4, 0.5) is 5.69 Å². The number of esters is 1. The largest absolute Gasteiger partial charge is 0.452 e. The summed E-state index contributed by atoms with van der Waals surface area (Å²) < 4.78 is 7.13. The highest BCUT2D eigenvalue weighted by Gasteiger charge is 2.20. The van der Waals surface area contributed by atoms with Gasteiger partial charge in [0, 0.05) is 24.9 Å². The Bertz CT molecular complexity index is 1490. The number of ether oxygens (including phenoxy) is 1. The molecule has 4 aromatic rings. The predicted octanol–water partition coefficient (Wildman–Crippen LogP) is 4.49. The zero-order valence-corrected chi connectivity index (χ0v) is 19.7. The van der Waals surface area contributed by atoms with Gasteiger partial charge in [0.1, 0.15) is 5.82 Å². The van der Waals surface area contributed by atoms with Crippen molar-refractivity contribution in [1.82, 2.24) is 9.55 Å². The molecule has 3 aromatic carbocycles. The lowest BCUT2D eigenvalue weighted by atomic mass is 10.1. The molecule has 1 aromatic heterocycles. The molecule has 0 spiro atoms. The summed E-state index contributed by atoms with van der Waals surface area (Å²) in [4.78, 5) is 45.0. The maximum atomic E-state index is 13.0. The average Bonchev–Trinajstić information content (AvgIpc) is 3.13. The molecule has 1 amide bonds. The first kappa shape index (κ1) is 22.8. The second-order valence-corrected chi connectivity index (χ2v) is 8.74. The molecule has 1 aliphatic rings. The number of carbonyl (C=O) groups is 2. The Morgan fingerprint density at radius 1 is 1.00 bits per heavy atom. The van der Waals surface area contributed by atoms with Crippen LogP contribution in [0.5, 0.6) is 0 Å². The molecule has 35 heavy (non-hydrogen) atoms. The molecule has 2 heterocycles. The molecule has 7 nitrogen and oxygen atoms in total. The Balaban J connectivity index is 1.35. The van der Waals surface area contributed by atoms with E-state index in [0.29, 0.717) is 24.0 Å². The summed E-state index contributed by atoms with van der Waals surface area (Å²) in [7, 11) is 0. The minimum absolute atomic E-state index is 0.0735. The van der Waals surface area contributed by atoms with Crippen LogP contribution in [0, 0.1) is 0 Å². The topological polar surface area (TPSA) is 81.5 Å². The molecule has 0 aliphatic carbocycles. The van der Waals surface area contributed by atoms with Crippen LogP contribution in [0.25, 0.3) is 21.7 Å². The van der Waals surface area contributed by atoms with Gasteiger partial charge in [-0.1, -0.05) is 42.8 Å². The number of fused-ring (bicyclic) bond motifs is 3. The lowest BCUT2D eigenvalue weighted by Gasteiger charge is -2.22. The van der Waals surface area contributed by atoms with Gasteiger partial charge in [-0.25, -0.2) is 9.78 Å². The van der Waals surface area contributed by atoms with Crippen molar-refractivity contribution in [2.75, 3.05) is 18.1 Å². The van der Waals surface area contributed by atoms with Gasteiger partial charge in [-0.05, 0) is 49.4 Å². The van der Waals surface area contributed by atoms with E-state index in [4.69, 9.17) is 4.74 Å². The van der Waals surface area contributed by atoms with Crippen molar-refractivity contribution in [3.8, 4) is 0 Å². The first-order valence-corrected chi connectivity index (χ1v) is 12.1. The molecular weight excluding hydrogens is 442 g/mol. The average molecular weight is 470 g/mol. The maximum Gasteiger partial charge on any atom is 0.338 e. The number of carbonyl (C=O) groups excluding carboxylic acids is 2. The summed E-state index contributed by atoms with van der Waals surface area (Å²) in [5, 5.41) is 2.48. The highest BCUT2D eigenvalue weighted by molar-refractivity contribution is 6.05. The van der Waals surface area contributed by atoms with Gasteiger partial charge < -0.3 is 9.64 Å². The normalized spacial score (nSPS) is 13.3. The summed E-state index contributed by atoms with van der Waals surface area (Å²) in [6.07, 6.45) is 3.77. The fourth-order valence-electron chi connectivity index (χ4n) is 4.76. The molecule has 5 rings (SSSR count). The molecule has 7 heteroatoms. The number of aromatic nitrogens is 2. The van der Waals surface area contributed by atoms with Crippen LogP contribution in [0.1, 0.15) is 42.4 Å². The molecule has 178 valence electrons. The van der Waals surface area contributed by atoms with E-state index in [1.54, 1.807) is 27.7 Å². The number of rotatable bonds is 5. The number of aryl methyl sites for hydroxylation is 1. The van der Waals surface area contributed by atoms with Gasteiger partial charge in [-0.15, -0.1) is 0 Å². The number of anilines is 1. The van der Waals surface area contributed by atoms with E-state index < -0.39 is 5.97 Å². The van der Waals surface area contributed by atoms with Gasteiger partial charge in [-0.3, -0.25) is 14.2 Å². The fourth-order valence-corrected chi connectivity index (χ4v) is 4.76. The molecular formula is C28H27N3O4. The molecule has 0 unspecified atom stereocenters. The Hall–Kier alpha value is -4.00. The van der Waals surface area contributed by atoms with Gasteiger partial charge in [0.15, 0.2) is 6.61 Å². The van der Waals surface area contributed by atoms with Gasteiger partial charge in [0.05, 0.1) is 22.2 Å². The molecule has 1 aliphatic heterocycles. The minimum atomic E-state index is -0.619. The predicted molar refractivity (Wildman–Crippen MR) is 136 cm³/mol. The lowest BCUT2D eigenvalue weighted by Crippen LogP contribution is -2.34. The third kappa shape index (κ3) is 4.41. The van der Waals surface area contributed by atoms with E-state index in [-0.39, 0.29) is 23.6 Å². The summed E-state index contributed by atoms with van der Waals surface area (Å²) in [5.41, 5.74) is 1.46. The Labute approximate surface area is 203 Å². The monoisotopic (exact) mass is 469 g/mol. The Morgan fingerprint density at radius 3 is 2.69 bits per heavy atom. The van der Waals surface area contributed by atoms with E-state index >= 15 is 0 Å². The van der Waals surface area contributed by atoms with Crippen LogP contribution in [0.2, 0.25) is 0 Å². The number of likely N-dealkylation sites (N-methyl/N-ethyl adjacent to an activating group) is 1. The van der Waals surface area contributed by atoms with Gasteiger partial charge in [0.25, 0.3) is 11.5 Å². The van der Waals surface area contributed by atoms with Crippen molar-refractivity contribution in [3.05, 3.63) is 82.4 Å². The van der Waals surface area contributed by atoms with E-state index in [2.05, 4.69) is 4.98 Å². The SMILES string of the molecule is CCN(C(=O)COC(=O)c1ccc2c(=O)n3c(nc2c1)CCCCC3)c1cccc2ccccc12. The first-order valence-electron chi connectivity index (χ1n) is 12.1. The summed E-state index contributed by atoms with van der Waals surface area (Å²) in [5.74, 6) is -0.167. The van der Waals surface area contributed by atoms with Crippen molar-refractivity contribution >= 4 is 39.2 Å². The van der Waals surface area contributed by atoms with E-state index in [1.165, 1.54) is 0 Å². The zero-order valence-electron chi connectivity index (χ0n) is 19.7. The van der Waals surface area contributed by atoms with Crippen LogP contribution in [-0.4, -0.2) is 34.6 Å². The molecule has 0 bridgehead atoms. The summed E-state index contributed by atoms with van der Waals surface area (Å²) in [6.45, 7) is 2.62. The van der Waals surface area contributed by atoms with Crippen LogP contribution in [-0.2, 0) is 22.5 Å². The van der Waals surface area contributed by atoms with Crippen LogP contribution in [0.15, 0.2) is 65.5 Å². The Morgan fingerprint density at radius 2 is 1.83 bits per heavy atom. The summed E-state index contributed by atoms with van der Waals surface area (Å²) >= 11 is 0. The standard InChI is InChI=1S/C28H27N3O4/c1-2-30(24-12-8-10-19-9-5-6-11-21(19)24)26(32)18-35-28(34)20-14-15-22-23(17-20)29-25-13-4-3-7-16-31(25)27(22)33/h5-6,8-12,14-15,17H,2-4,7,13,16,18H2,1H3. The van der Waals surface area contributed by atoms with Crippen molar-refractivity contribution in [3.63, 3.8) is 0 Å². The van der Waals surface area contributed by atoms with E-state index in [1.807, 2.05) is 49.4 Å². The van der Waals surface area contributed by atoms with Gasteiger partial charge >= 0.3 is 5.97 Å². The van der Waals surface area contributed by atoms with Gasteiger partial charge in [-0.2, -0.15) is 0 Å². The molecule has 0 N–H and O–H groups in total. The summed E-state index contributed by atoms with van der Waals surface area (Å²) in [6, 6.07) is 18.4. The van der Waals surface area contributed by atoms with Crippen molar-refractivity contribution in [1.29, 1.82) is 0 Å². The number of hydrogen-bond acceptors (Lipinski definition) is 5. The second-order valence-electron chi connectivity index (χ2n) is 8.74. The Kier molecular flexibility index (Phi) is 6.31. The third-order valence-corrected chi connectivity index (χ3v) is 6.55. The number of benzene rings is 3. The van der Waals surface area contributed by atoms with Crippen LogP contribution in [0.3, 0.4) is 0 Å². The fraction of sp³-hybridized carbons (Fsp3) is 0.286. The second kappa shape index (κ2) is 9.70. The number of hydrogen-bond donors (Lipinski definition) is 0. The van der Waals surface area contributed by atoms with Gasteiger partial charge in [0.2, 0.25) is 0 Å². The van der Waals surface area contributed by atoms with E-state index in [0.717, 1.165) is 48.0 Å². The number of amides is 1. The lowest BCUT2D eigenvalue weighted by molar-refractivity contribution is -0.121. The smallest absolute Gasteiger partial charge is 0.338 e. The van der Waals surface area contributed by atoms with Crippen molar-refractivity contribution < 1.29 is 14.3 Å². The number of nitrogens with zero attached hydrogens (tertiary/aromatic N) is 3. The molecule has 0 atom stereocenters. The zero-order chi connectivity index (χ0) is 24.4. The third-order valence-electron chi connectivity index (χ3n) is 6.55. The molecule has 0 saturated heterocycles. The highest BCUT2D eigenvalue weighted by atomic mass is 16.5. The molecule has 0 radical (unpaired) electrons. The van der Waals surface area contributed by atoms with Crippen molar-refractivity contribution in [2.45, 2.75) is 39.2 Å². The van der Waals surface area contributed by atoms with E-state index in [9.17, 15) is 14.4 Å².